The summed E-state index contributed by atoms with van der Waals surface area (Å²) in [6.07, 6.45) is 4.46. The van der Waals surface area contributed by atoms with Gasteiger partial charge in [0.05, 0.1) is 23.4 Å². The van der Waals surface area contributed by atoms with Crippen LogP contribution >= 0.6 is 0 Å². The summed E-state index contributed by atoms with van der Waals surface area (Å²) in [7, 11) is 0. The highest BCUT2D eigenvalue weighted by Gasteiger charge is 2.24. The number of rotatable bonds is 6. The summed E-state index contributed by atoms with van der Waals surface area (Å²) in [5, 5.41) is 21.9. The van der Waals surface area contributed by atoms with E-state index in [1.165, 1.54) is 10.2 Å². The van der Waals surface area contributed by atoms with Crippen molar-refractivity contribution in [1.29, 1.82) is 0 Å². The summed E-state index contributed by atoms with van der Waals surface area (Å²) in [6, 6.07) is 7.42. The fraction of sp³-hybridized carbons (Fsp3) is 0.278. The Kier molecular flexibility index (Phi) is 5.02. The van der Waals surface area contributed by atoms with Crippen molar-refractivity contribution in [3.8, 4) is 0 Å². The second-order valence-electron chi connectivity index (χ2n) is 6.40. The molecule has 0 spiro atoms. The van der Waals surface area contributed by atoms with E-state index in [-0.39, 0.29) is 11.6 Å². The van der Waals surface area contributed by atoms with Gasteiger partial charge in [-0.05, 0) is 26.3 Å². The predicted molar refractivity (Wildman–Crippen MR) is 99.5 cm³/mol. The molecule has 140 valence electrons. The van der Waals surface area contributed by atoms with E-state index in [0.29, 0.717) is 17.9 Å². The molecule has 9 heteroatoms. The molecule has 1 N–H and O–H groups in total. The van der Waals surface area contributed by atoms with Crippen molar-refractivity contribution >= 4 is 17.3 Å². The Morgan fingerprint density at radius 1 is 1.30 bits per heavy atom. The van der Waals surface area contributed by atoms with E-state index >= 15 is 0 Å². The van der Waals surface area contributed by atoms with Crippen LogP contribution in [0.4, 0.5) is 11.4 Å². The van der Waals surface area contributed by atoms with Crippen molar-refractivity contribution in [3.05, 3.63) is 69.8 Å². The van der Waals surface area contributed by atoms with Gasteiger partial charge in [0, 0.05) is 6.20 Å². The fourth-order valence-corrected chi connectivity index (χ4v) is 2.85. The van der Waals surface area contributed by atoms with Crippen LogP contribution < -0.4 is 5.32 Å². The van der Waals surface area contributed by atoms with Crippen molar-refractivity contribution < 1.29 is 9.72 Å². The monoisotopic (exact) mass is 368 g/mol. The molecular weight excluding hydrogens is 348 g/mol. The van der Waals surface area contributed by atoms with Crippen molar-refractivity contribution in [3.63, 3.8) is 0 Å². The third-order valence-electron chi connectivity index (χ3n) is 4.29. The molecule has 1 aromatic carbocycles. The van der Waals surface area contributed by atoms with Crippen molar-refractivity contribution in [2.24, 2.45) is 0 Å². The van der Waals surface area contributed by atoms with Gasteiger partial charge in [-0.25, -0.2) is 0 Å². The van der Waals surface area contributed by atoms with Gasteiger partial charge in [-0.3, -0.25) is 24.3 Å². The van der Waals surface area contributed by atoms with Crippen LogP contribution in [0, 0.1) is 24.0 Å². The SMILES string of the molecule is Cc1cccc(Cn2cc(NC(=O)C(C)n3ncc([N+](=O)[O-])c3C)cn2)c1. The predicted octanol–water partition coefficient (Wildman–Crippen LogP) is 2.85. The molecule has 9 nitrogen and oxygen atoms in total. The smallest absolute Gasteiger partial charge is 0.309 e. The summed E-state index contributed by atoms with van der Waals surface area (Å²) >= 11 is 0. The van der Waals surface area contributed by atoms with Crippen LogP contribution in [0.1, 0.15) is 29.8 Å². The van der Waals surface area contributed by atoms with E-state index in [1.807, 2.05) is 25.1 Å². The normalized spacial score (nSPS) is 12.0. The number of hydrogen-bond donors (Lipinski definition) is 1. The van der Waals surface area contributed by atoms with Crippen LogP contribution in [-0.4, -0.2) is 30.4 Å². The Balaban J connectivity index is 1.68. The number of carbonyl (C=O) groups is 1. The largest absolute Gasteiger partial charge is 0.322 e. The van der Waals surface area contributed by atoms with E-state index in [4.69, 9.17) is 0 Å². The summed E-state index contributed by atoms with van der Waals surface area (Å²) in [6.45, 7) is 5.82. The Bertz CT molecular complexity index is 991. The van der Waals surface area contributed by atoms with Gasteiger partial charge < -0.3 is 5.32 Å². The van der Waals surface area contributed by atoms with E-state index < -0.39 is 11.0 Å². The first kappa shape index (κ1) is 18.3. The molecule has 3 rings (SSSR count). The molecular formula is C18H20N6O3. The van der Waals surface area contributed by atoms with E-state index in [1.54, 1.807) is 30.9 Å². The quantitative estimate of drug-likeness (QED) is 0.532. The van der Waals surface area contributed by atoms with E-state index in [0.717, 1.165) is 11.8 Å². The number of anilines is 1. The lowest BCUT2D eigenvalue weighted by atomic mass is 10.1. The number of nitrogens with zero attached hydrogens (tertiary/aromatic N) is 5. The lowest BCUT2D eigenvalue weighted by Gasteiger charge is -2.13. The van der Waals surface area contributed by atoms with Gasteiger partial charge in [0.15, 0.2) is 0 Å². The highest BCUT2D eigenvalue weighted by molar-refractivity contribution is 5.93. The van der Waals surface area contributed by atoms with Crippen LogP contribution in [0.25, 0.3) is 0 Å². The van der Waals surface area contributed by atoms with Gasteiger partial charge in [0.1, 0.15) is 17.9 Å². The minimum absolute atomic E-state index is 0.111. The molecule has 1 atom stereocenters. The number of nitrogens with one attached hydrogen (secondary N) is 1. The Morgan fingerprint density at radius 3 is 2.74 bits per heavy atom. The van der Waals surface area contributed by atoms with Crippen molar-refractivity contribution in [2.75, 3.05) is 5.32 Å². The van der Waals surface area contributed by atoms with E-state index in [2.05, 4.69) is 21.6 Å². The summed E-state index contributed by atoms with van der Waals surface area (Å²) in [5.41, 5.74) is 3.06. The molecule has 2 aromatic heterocycles. The van der Waals surface area contributed by atoms with Gasteiger partial charge in [-0.15, -0.1) is 0 Å². The maximum absolute atomic E-state index is 12.5. The molecule has 0 radical (unpaired) electrons. The zero-order valence-electron chi connectivity index (χ0n) is 15.3. The zero-order valence-corrected chi connectivity index (χ0v) is 15.3. The molecule has 0 bridgehead atoms. The molecule has 0 saturated heterocycles. The topological polar surface area (TPSA) is 108 Å². The molecule has 1 unspecified atom stereocenters. The summed E-state index contributed by atoms with van der Waals surface area (Å²) < 4.78 is 3.07. The number of benzene rings is 1. The molecule has 0 aliphatic heterocycles. The first-order valence-electron chi connectivity index (χ1n) is 8.42. The van der Waals surface area contributed by atoms with Crippen LogP contribution in [0.3, 0.4) is 0 Å². The Labute approximate surface area is 155 Å². The number of carbonyl (C=O) groups excluding carboxylic acids is 1. The number of aromatic nitrogens is 4. The van der Waals surface area contributed by atoms with Gasteiger partial charge in [-0.2, -0.15) is 10.2 Å². The highest BCUT2D eigenvalue weighted by atomic mass is 16.6. The minimum atomic E-state index is -0.696. The number of hydrogen-bond acceptors (Lipinski definition) is 5. The first-order valence-corrected chi connectivity index (χ1v) is 8.42. The standard InChI is InChI=1S/C18H20N6O3/c1-12-5-4-6-15(7-12)10-22-11-16(8-19-22)21-18(25)14(3)23-13(2)17(9-20-23)24(26)27/h4-9,11,14H,10H2,1-3H3,(H,21,25). The van der Waals surface area contributed by atoms with Crippen LogP contribution in [-0.2, 0) is 11.3 Å². The fourth-order valence-electron chi connectivity index (χ4n) is 2.85. The molecule has 27 heavy (non-hydrogen) atoms. The molecule has 2 heterocycles. The number of nitro groups is 1. The zero-order chi connectivity index (χ0) is 19.6. The molecule has 0 fully saturated rings. The van der Waals surface area contributed by atoms with Gasteiger partial charge in [0.2, 0.25) is 5.91 Å². The average Bonchev–Trinajstić information content (AvgIpc) is 3.20. The average molecular weight is 368 g/mol. The third-order valence-corrected chi connectivity index (χ3v) is 4.29. The van der Waals surface area contributed by atoms with Crippen LogP contribution in [0.5, 0.6) is 0 Å². The Morgan fingerprint density at radius 2 is 2.07 bits per heavy atom. The first-order chi connectivity index (χ1) is 12.8. The number of aryl methyl sites for hydroxylation is 1. The maximum Gasteiger partial charge on any atom is 0.309 e. The van der Waals surface area contributed by atoms with Gasteiger partial charge in [-0.1, -0.05) is 29.8 Å². The summed E-state index contributed by atoms with van der Waals surface area (Å²) in [4.78, 5) is 22.9. The molecule has 0 aliphatic carbocycles. The highest BCUT2D eigenvalue weighted by Crippen LogP contribution is 2.21. The third kappa shape index (κ3) is 4.02. The number of amides is 1. The van der Waals surface area contributed by atoms with Crippen LogP contribution in [0.2, 0.25) is 0 Å². The summed E-state index contributed by atoms with van der Waals surface area (Å²) in [5.74, 6) is -0.328. The van der Waals surface area contributed by atoms with Gasteiger partial charge >= 0.3 is 5.69 Å². The molecule has 3 aromatic rings. The van der Waals surface area contributed by atoms with Crippen molar-refractivity contribution in [2.45, 2.75) is 33.4 Å². The molecule has 0 aliphatic rings. The molecule has 0 saturated carbocycles. The second kappa shape index (κ2) is 7.40. The lowest BCUT2D eigenvalue weighted by molar-refractivity contribution is -0.385. The van der Waals surface area contributed by atoms with Crippen molar-refractivity contribution in [1.82, 2.24) is 19.6 Å². The Hall–Kier alpha value is -3.49. The lowest BCUT2D eigenvalue weighted by Crippen LogP contribution is -2.25. The van der Waals surface area contributed by atoms with E-state index in [9.17, 15) is 14.9 Å². The maximum atomic E-state index is 12.5. The molecule has 1 amide bonds. The second-order valence-corrected chi connectivity index (χ2v) is 6.40. The van der Waals surface area contributed by atoms with Gasteiger partial charge in [0.25, 0.3) is 0 Å². The minimum Gasteiger partial charge on any atom is -0.322 e. The van der Waals surface area contributed by atoms with Crippen LogP contribution in [0.15, 0.2) is 42.9 Å².